The number of allylic oxidation sites excluding steroid dienone is 1. The lowest BCUT2D eigenvalue weighted by Crippen LogP contribution is -2.48. The molecule has 1 saturated heterocycles. The largest absolute Gasteiger partial charge is 0.497 e. The van der Waals surface area contributed by atoms with Gasteiger partial charge in [0.1, 0.15) is 11.5 Å². The topological polar surface area (TPSA) is 42.0 Å². The van der Waals surface area contributed by atoms with Crippen LogP contribution in [0.4, 0.5) is 5.69 Å². The maximum Gasteiger partial charge on any atom is 0.253 e. The van der Waals surface area contributed by atoms with Gasteiger partial charge in [-0.05, 0) is 54.4 Å². The van der Waals surface area contributed by atoms with Gasteiger partial charge in [-0.15, -0.1) is 6.58 Å². The Kier molecular flexibility index (Phi) is 6.01. The molecule has 3 rings (SSSR count). The van der Waals surface area contributed by atoms with Crippen LogP contribution in [0.15, 0.2) is 55.1 Å². The zero-order valence-electron chi connectivity index (χ0n) is 16.0. The Morgan fingerprint density at radius 2 is 1.74 bits per heavy atom. The van der Waals surface area contributed by atoms with Gasteiger partial charge in [-0.1, -0.05) is 6.08 Å². The fourth-order valence-corrected chi connectivity index (χ4v) is 3.37. The van der Waals surface area contributed by atoms with Gasteiger partial charge in [-0.2, -0.15) is 0 Å². The van der Waals surface area contributed by atoms with Crippen molar-refractivity contribution >= 4 is 11.6 Å². The number of nitrogens with zero attached hydrogens (tertiary/aromatic N) is 2. The van der Waals surface area contributed by atoms with Gasteiger partial charge in [0.2, 0.25) is 0 Å². The van der Waals surface area contributed by atoms with E-state index in [1.807, 2.05) is 41.3 Å². The molecule has 2 aromatic carbocycles. The van der Waals surface area contributed by atoms with Crippen molar-refractivity contribution in [1.82, 2.24) is 4.90 Å². The maximum absolute atomic E-state index is 12.9. The molecule has 1 amide bonds. The van der Waals surface area contributed by atoms with Crippen molar-refractivity contribution in [2.45, 2.75) is 6.42 Å². The highest BCUT2D eigenvalue weighted by Crippen LogP contribution is 2.23. The number of methoxy groups -OCH3 is 2. The van der Waals surface area contributed by atoms with E-state index in [0.717, 1.165) is 35.8 Å². The Morgan fingerprint density at radius 3 is 2.33 bits per heavy atom. The number of rotatable bonds is 6. The van der Waals surface area contributed by atoms with E-state index in [1.165, 1.54) is 0 Å². The number of ether oxygens (including phenoxy) is 2. The number of piperazine rings is 1. The van der Waals surface area contributed by atoms with E-state index in [0.29, 0.717) is 25.1 Å². The number of hydrogen-bond acceptors (Lipinski definition) is 4. The molecule has 0 aliphatic carbocycles. The van der Waals surface area contributed by atoms with Gasteiger partial charge in [0.05, 0.1) is 14.2 Å². The fraction of sp³-hybridized carbons (Fsp3) is 0.318. The first-order chi connectivity index (χ1) is 13.2. The van der Waals surface area contributed by atoms with Crippen molar-refractivity contribution in [3.05, 3.63) is 66.2 Å². The molecule has 0 saturated carbocycles. The molecule has 2 aromatic rings. The van der Waals surface area contributed by atoms with Gasteiger partial charge >= 0.3 is 0 Å². The molecule has 27 heavy (non-hydrogen) atoms. The van der Waals surface area contributed by atoms with Crippen LogP contribution in [0.25, 0.3) is 0 Å². The first kappa shape index (κ1) is 18.8. The normalized spacial score (nSPS) is 14.0. The second kappa shape index (κ2) is 8.62. The highest BCUT2D eigenvalue weighted by molar-refractivity contribution is 5.94. The number of amides is 1. The van der Waals surface area contributed by atoms with Gasteiger partial charge in [0.15, 0.2) is 0 Å². The van der Waals surface area contributed by atoms with Gasteiger partial charge in [0, 0.05) is 37.4 Å². The van der Waals surface area contributed by atoms with Crippen LogP contribution in [0, 0.1) is 0 Å². The molecule has 1 heterocycles. The summed E-state index contributed by atoms with van der Waals surface area (Å²) in [6, 6.07) is 13.7. The van der Waals surface area contributed by atoms with Gasteiger partial charge < -0.3 is 19.3 Å². The first-order valence-electron chi connectivity index (χ1n) is 9.12. The molecule has 142 valence electrons. The van der Waals surface area contributed by atoms with Crippen LogP contribution >= 0.6 is 0 Å². The molecule has 1 fully saturated rings. The summed E-state index contributed by atoms with van der Waals surface area (Å²) in [7, 11) is 3.31. The Morgan fingerprint density at radius 1 is 1.04 bits per heavy atom. The van der Waals surface area contributed by atoms with Crippen LogP contribution in [0.3, 0.4) is 0 Å². The minimum absolute atomic E-state index is 0.0670. The average molecular weight is 366 g/mol. The maximum atomic E-state index is 12.9. The van der Waals surface area contributed by atoms with Crippen LogP contribution in [0.2, 0.25) is 0 Å². The molecular weight excluding hydrogens is 340 g/mol. The lowest BCUT2D eigenvalue weighted by Gasteiger charge is -2.36. The lowest BCUT2D eigenvalue weighted by atomic mass is 10.1. The summed E-state index contributed by atoms with van der Waals surface area (Å²) in [5.41, 5.74) is 2.83. The van der Waals surface area contributed by atoms with E-state index in [1.54, 1.807) is 14.2 Å². The van der Waals surface area contributed by atoms with Crippen molar-refractivity contribution in [1.29, 1.82) is 0 Å². The standard InChI is InChI=1S/C22H26N2O3/c1-4-5-17-16-18(6-11-21(17)27-3)22(25)24-14-12-23(13-15-24)19-7-9-20(26-2)10-8-19/h4,6-11,16H,1,5,12-15H2,2-3H3. The molecule has 0 N–H and O–H groups in total. The van der Waals surface area contributed by atoms with Crippen LogP contribution < -0.4 is 14.4 Å². The second-order valence-corrected chi connectivity index (χ2v) is 6.50. The Bertz CT molecular complexity index is 794. The van der Waals surface area contributed by atoms with E-state index < -0.39 is 0 Å². The summed E-state index contributed by atoms with van der Waals surface area (Å²) in [5.74, 6) is 1.70. The van der Waals surface area contributed by atoms with Crippen molar-refractivity contribution < 1.29 is 14.3 Å². The fourth-order valence-electron chi connectivity index (χ4n) is 3.37. The van der Waals surface area contributed by atoms with E-state index in [9.17, 15) is 4.79 Å². The molecule has 0 unspecified atom stereocenters. The molecule has 0 atom stereocenters. The summed E-state index contributed by atoms with van der Waals surface area (Å²) < 4.78 is 10.6. The van der Waals surface area contributed by atoms with Gasteiger partial charge in [-0.25, -0.2) is 0 Å². The van der Waals surface area contributed by atoms with Crippen molar-refractivity contribution in [3.63, 3.8) is 0 Å². The number of hydrogen-bond donors (Lipinski definition) is 0. The van der Waals surface area contributed by atoms with Crippen LogP contribution in [-0.2, 0) is 6.42 Å². The highest BCUT2D eigenvalue weighted by Gasteiger charge is 2.23. The van der Waals surface area contributed by atoms with E-state index >= 15 is 0 Å². The minimum atomic E-state index is 0.0670. The molecule has 0 radical (unpaired) electrons. The minimum Gasteiger partial charge on any atom is -0.497 e. The Balaban J connectivity index is 1.65. The second-order valence-electron chi connectivity index (χ2n) is 6.50. The summed E-state index contributed by atoms with van der Waals surface area (Å²) in [6.07, 6.45) is 2.50. The zero-order chi connectivity index (χ0) is 19.2. The predicted molar refractivity (Wildman–Crippen MR) is 108 cm³/mol. The third-order valence-corrected chi connectivity index (χ3v) is 4.90. The predicted octanol–water partition coefficient (Wildman–Crippen LogP) is 3.39. The molecule has 5 nitrogen and oxygen atoms in total. The molecule has 0 spiro atoms. The van der Waals surface area contributed by atoms with Gasteiger partial charge in [0.25, 0.3) is 5.91 Å². The van der Waals surface area contributed by atoms with Crippen LogP contribution in [-0.4, -0.2) is 51.2 Å². The first-order valence-corrected chi connectivity index (χ1v) is 9.12. The number of benzene rings is 2. The quantitative estimate of drug-likeness (QED) is 0.735. The van der Waals surface area contributed by atoms with Crippen LogP contribution in [0.5, 0.6) is 11.5 Å². The van der Waals surface area contributed by atoms with E-state index in [2.05, 4.69) is 23.6 Å². The average Bonchev–Trinajstić information content (AvgIpc) is 2.73. The van der Waals surface area contributed by atoms with Crippen LogP contribution in [0.1, 0.15) is 15.9 Å². The Labute approximate surface area is 160 Å². The third kappa shape index (κ3) is 4.25. The molecule has 5 heteroatoms. The highest BCUT2D eigenvalue weighted by atomic mass is 16.5. The third-order valence-electron chi connectivity index (χ3n) is 4.90. The van der Waals surface area contributed by atoms with E-state index in [-0.39, 0.29) is 5.91 Å². The number of carbonyl (C=O) groups is 1. The molecule has 1 aliphatic heterocycles. The van der Waals surface area contributed by atoms with Crippen molar-refractivity contribution in [3.8, 4) is 11.5 Å². The zero-order valence-corrected chi connectivity index (χ0v) is 16.0. The summed E-state index contributed by atoms with van der Waals surface area (Å²) >= 11 is 0. The SMILES string of the molecule is C=CCc1cc(C(=O)N2CCN(c3ccc(OC)cc3)CC2)ccc1OC. The molecule has 0 aromatic heterocycles. The monoisotopic (exact) mass is 366 g/mol. The Hall–Kier alpha value is -2.95. The summed E-state index contributed by atoms with van der Waals surface area (Å²) in [4.78, 5) is 17.1. The number of carbonyl (C=O) groups excluding carboxylic acids is 1. The smallest absolute Gasteiger partial charge is 0.253 e. The molecule has 0 bridgehead atoms. The lowest BCUT2D eigenvalue weighted by molar-refractivity contribution is 0.0746. The number of anilines is 1. The molecular formula is C22H26N2O3. The van der Waals surface area contributed by atoms with Gasteiger partial charge in [-0.3, -0.25) is 4.79 Å². The van der Waals surface area contributed by atoms with Crippen molar-refractivity contribution in [2.75, 3.05) is 45.3 Å². The van der Waals surface area contributed by atoms with E-state index in [4.69, 9.17) is 9.47 Å². The van der Waals surface area contributed by atoms with Crippen molar-refractivity contribution in [2.24, 2.45) is 0 Å². The summed E-state index contributed by atoms with van der Waals surface area (Å²) in [5, 5.41) is 0. The summed E-state index contributed by atoms with van der Waals surface area (Å²) in [6.45, 7) is 6.81. The molecule has 1 aliphatic rings.